The fourth-order valence-corrected chi connectivity index (χ4v) is 2.15. The molecular weight excluding hydrogens is 228 g/mol. The van der Waals surface area contributed by atoms with Crippen LogP contribution in [0.1, 0.15) is 24.5 Å². The number of fused-ring (bicyclic) bond motifs is 1. The van der Waals surface area contributed by atoms with Gasteiger partial charge in [0.15, 0.2) is 0 Å². The van der Waals surface area contributed by atoms with Gasteiger partial charge in [-0.25, -0.2) is 0 Å². The van der Waals surface area contributed by atoms with Gasteiger partial charge in [0.25, 0.3) is 0 Å². The van der Waals surface area contributed by atoms with Crippen LogP contribution in [-0.4, -0.2) is 21.7 Å². The van der Waals surface area contributed by atoms with Crippen molar-refractivity contribution in [3.63, 3.8) is 0 Å². The summed E-state index contributed by atoms with van der Waals surface area (Å²) < 4.78 is 5.26. The summed E-state index contributed by atoms with van der Waals surface area (Å²) in [5.41, 5.74) is 3.39. The summed E-state index contributed by atoms with van der Waals surface area (Å²) in [5, 5.41) is 10.3. The van der Waals surface area contributed by atoms with Crippen molar-refractivity contribution < 1.29 is 9.84 Å². The van der Waals surface area contributed by atoms with E-state index in [-0.39, 0.29) is 0 Å². The van der Waals surface area contributed by atoms with Gasteiger partial charge in [0, 0.05) is 12.4 Å². The van der Waals surface area contributed by atoms with Gasteiger partial charge in [0.05, 0.1) is 23.9 Å². The summed E-state index contributed by atoms with van der Waals surface area (Å²) >= 11 is 0. The second-order valence-electron chi connectivity index (χ2n) is 4.37. The van der Waals surface area contributed by atoms with Gasteiger partial charge in [-0.3, -0.25) is 9.97 Å². The Labute approximate surface area is 105 Å². The molecule has 1 atom stereocenters. The summed E-state index contributed by atoms with van der Waals surface area (Å²) in [7, 11) is 0. The molecule has 0 saturated heterocycles. The maximum absolute atomic E-state index is 10.3. The first-order chi connectivity index (χ1) is 8.84. The van der Waals surface area contributed by atoms with E-state index >= 15 is 0 Å². The highest BCUT2D eigenvalue weighted by molar-refractivity contribution is 5.74. The summed E-state index contributed by atoms with van der Waals surface area (Å²) in [6, 6.07) is 5.64. The normalized spacial score (nSPS) is 17.1. The van der Waals surface area contributed by atoms with Gasteiger partial charge in [-0.1, -0.05) is 6.07 Å². The number of hydrogen-bond donors (Lipinski definition) is 1. The maximum Gasteiger partial charge on any atom is 0.103 e. The van der Waals surface area contributed by atoms with Crippen molar-refractivity contribution in [3.8, 4) is 0 Å². The Balaban J connectivity index is 1.96. The van der Waals surface area contributed by atoms with Crippen LogP contribution < -0.4 is 0 Å². The van der Waals surface area contributed by atoms with Crippen LogP contribution in [0, 0.1) is 0 Å². The van der Waals surface area contributed by atoms with Crippen LogP contribution in [0.3, 0.4) is 0 Å². The van der Waals surface area contributed by atoms with Gasteiger partial charge < -0.3 is 9.84 Å². The molecule has 1 aliphatic heterocycles. The molecule has 1 aromatic carbocycles. The Morgan fingerprint density at radius 2 is 2.00 bits per heavy atom. The summed E-state index contributed by atoms with van der Waals surface area (Å²) in [6.07, 6.45) is 6.21. The summed E-state index contributed by atoms with van der Waals surface area (Å²) in [6.45, 7) is 0.736. The first-order valence-corrected chi connectivity index (χ1v) is 6.04. The monoisotopic (exact) mass is 242 g/mol. The average Bonchev–Trinajstić information content (AvgIpc) is 2.47. The Hall–Kier alpha value is -1.94. The number of aliphatic hydroxyl groups excluding tert-OH is 1. The molecule has 1 aromatic heterocycles. The van der Waals surface area contributed by atoms with Gasteiger partial charge in [-0.2, -0.15) is 0 Å². The molecule has 0 spiro atoms. The molecule has 92 valence electrons. The average molecular weight is 242 g/mol. The van der Waals surface area contributed by atoms with E-state index in [1.165, 1.54) is 0 Å². The largest absolute Gasteiger partial charge is 0.501 e. The highest BCUT2D eigenvalue weighted by Crippen LogP contribution is 2.28. The van der Waals surface area contributed by atoms with Gasteiger partial charge in [0.2, 0.25) is 0 Å². The molecule has 3 rings (SSSR count). The number of benzene rings is 1. The smallest absolute Gasteiger partial charge is 0.103 e. The number of aliphatic hydroxyl groups is 1. The van der Waals surface area contributed by atoms with E-state index in [0.29, 0.717) is 0 Å². The van der Waals surface area contributed by atoms with Crippen LogP contribution in [-0.2, 0) is 4.74 Å². The third kappa shape index (κ3) is 2.07. The van der Waals surface area contributed by atoms with E-state index in [9.17, 15) is 5.11 Å². The third-order valence-corrected chi connectivity index (χ3v) is 3.12. The zero-order valence-corrected chi connectivity index (χ0v) is 9.91. The molecule has 1 unspecified atom stereocenters. The van der Waals surface area contributed by atoms with Crippen LogP contribution in [0.25, 0.3) is 11.0 Å². The molecule has 2 heterocycles. The van der Waals surface area contributed by atoms with E-state index in [2.05, 4.69) is 9.97 Å². The van der Waals surface area contributed by atoms with E-state index in [1.807, 2.05) is 18.2 Å². The Morgan fingerprint density at radius 3 is 2.78 bits per heavy atom. The van der Waals surface area contributed by atoms with E-state index < -0.39 is 6.10 Å². The van der Waals surface area contributed by atoms with E-state index in [0.717, 1.165) is 41.6 Å². The van der Waals surface area contributed by atoms with Crippen molar-refractivity contribution in [1.82, 2.24) is 9.97 Å². The molecule has 4 heteroatoms. The Bertz CT molecular complexity index is 595. The highest BCUT2D eigenvalue weighted by Gasteiger charge is 2.16. The van der Waals surface area contributed by atoms with Gasteiger partial charge in [-0.15, -0.1) is 0 Å². The van der Waals surface area contributed by atoms with Crippen molar-refractivity contribution in [3.05, 3.63) is 48.0 Å². The summed E-state index contributed by atoms with van der Waals surface area (Å²) in [4.78, 5) is 8.46. The minimum Gasteiger partial charge on any atom is -0.501 e. The van der Waals surface area contributed by atoms with Crippen LogP contribution in [0.2, 0.25) is 0 Å². The third-order valence-electron chi connectivity index (χ3n) is 3.12. The summed E-state index contributed by atoms with van der Waals surface area (Å²) in [5.74, 6) is 0. The minimum atomic E-state index is -0.614. The number of hydrogen-bond acceptors (Lipinski definition) is 4. The molecule has 0 fully saturated rings. The number of aromatic nitrogens is 2. The maximum atomic E-state index is 10.3. The second kappa shape index (κ2) is 4.74. The standard InChI is InChI=1S/C14H14N2O2/c17-14(11-2-1-7-18-9-11)10-3-4-12-13(8-10)16-6-5-15-12/h3-6,8-9,14,17H,1-2,7H2. The number of rotatable bonds is 2. The molecular formula is C14H14N2O2. The van der Waals surface area contributed by atoms with Crippen molar-refractivity contribution in [2.24, 2.45) is 0 Å². The second-order valence-corrected chi connectivity index (χ2v) is 4.37. The van der Waals surface area contributed by atoms with Crippen molar-refractivity contribution in [2.45, 2.75) is 18.9 Å². The molecule has 4 nitrogen and oxygen atoms in total. The molecule has 0 aliphatic carbocycles. The van der Waals surface area contributed by atoms with Crippen LogP contribution >= 0.6 is 0 Å². The van der Waals surface area contributed by atoms with Crippen LogP contribution in [0.5, 0.6) is 0 Å². The molecule has 1 N–H and O–H groups in total. The molecule has 18 heavy (non-hydrogen) atoms. The zero-order chi connectivity index (χ0) is 12.4. The van der Waals surface area contributed by atoms with Crippen LogP contribution in [0.4, 0.5) is 0 Å². The zero-order valence-electron chi connectivity index (χ0n) is 9.91. The fraction of sp³-hybridized carbons (Fsp3) is 0.286. The molecule has 1 aliphatic rings. The van der Waals surface area contributed by atoms with Gasteiger partial charge >= 0.3 is 0 Å². The number of ether oxygens (including phenoxy) is 1. The van der Waals surface area contributed by atoms with E-state index in [4.69, 9.17) is 4.74 Å². The fourth-order valence-electron chi connectivity index (χ4n) is 2.15. The molecule has 0 bridgehead atoms. The minimum absolute atomic E-state index is 0.614. The van der Waals surface area contributed by atoms with Gasteiger partial charge in [0.1, 0.15) is 6.10 Å². The molecule has 0 radical (unpaired) electrons. The topological polar surface area (TPSA) is 55.2 Å². The quantitative estimate of drug-likeness (QED) is 0.878. The first-order valence-electron chi connectivity index (χ1n) is 6.04. The molecule has 0 saturated carbocycles. The lowest BCUT2D eigenvalue weighted by molar-refractivity contribution is 0.170. The highest BCUT2D eigenvalue weighted by atomic mass is 16.5. The molecule has 2 aromatic rings. The van der Waals surface area contributed by atoms with Crippen molar-refractivity contribution in [1.29, 1.82) is 0 Å². The predicted molar refractivity (Wildman–Crippen MR) is 67.8 cm³/mol. The van der Waals surface area contributed by atoms with Crippen molar-refractivity contribution in [2.75, 3.05) is 6.61 Å². The van der Waals surface area contributed by atoms with Crippen molar-refractivity contribution >= 4 is 11.0 Å². The Kier molecular flexibility index (Phi) is 2.94. The Morgan fingerprint density at radius 1 is 1.17 bits per heavy atom. The SMILES string of the molecule is OC(C1=COCCC1)c1ccc2nccnc2c1. The predicted octanol–water partition coefficient (Wildman–Crippen LogP) is 2.36. The van der Waals surface area contributed by atoms with Crippen LogP contribution in [0.15, 0.2) is 42.4 Å². The number of nitrogens with zero attached hydrogens (tertiary/aromatic N) is 2. The van der Waals surface area contributed by atoms with E-state index in [1.54, 1.807) is 18.7 Å². The lowest BCUT2D eigenvalue weighted by Crippen LogP contribution is -2.07. The molecule has 0 amide bonds. The lowest BCUT2D eigenvalue weighted by atomic mass is 9.97. The van der Waals surface area contributed by atoms with Gasteiger partial charge in [-0.05, 0) is 36.1 Å². The lowest BCUT2D eigenvalue weighted by Gasteiger charge is -2.19. The first kappa shape index (κ1) is 11.2.